The number of aromatic nitrogens is 1. The van der Waals surface area contributed by atoms with Crippen molar-refractivity contribution in [1.29, 1.82) is 0 Å². The van der Waals surface area contributed by atoms with Crippen molar-refractivity contribution >= 4 is 50.2 Å². The van der Waals surface area contributed by atoms with Gasteiger partial charge in [0, 0.05) is 34.1 Å². The lowest BCUT2D eigenvalue weighted by Crippen LogP contribution is -2.14. The molecule has 0 saturated heterocycles. The molecule has 0 aliphatic rings. The Labute approximate surface area is 192 Å². The molecule has 32 heavy (non-hydrogen) atoms. The predicted octanol–water partition coefficient (Wildman–Crippen LogP) is 5.66. The first-order valence-electron chi connectivity index (χ1n) is 9.21. The number of hydrogen-bond acceptors (Lipinski definition) is 5. The molecule has 4 rings (SSSR count). The zero-order valence-corrected chi connectivity index (χ0v) is 18.6. The maximum Gasteiger partial charge on any atom is 0.261 e. The molecule has 0 saturated carbocycles. The highest BCUT2D eigenvalue weighted by atomic mass is 35.5. The molecule has 1 aromatic heterocycles. The molecule has 0 radical (unpaired) electrons. The second kappa shape index (κ2) is 9.07. The van der Waals surface area contributed by atoms with Crippen LogP contribution in [0.5, 0.6) is 0 Å². The monoisotopic (exact) mass is 487 g/mol. The Morgan fingerprint density at radius 3 is 2.28 bits per heavy atom. The molecule has 10 heteroatoms. The fraction of sp³-hybridized carbons (Fsp3) is 0. The van der Waals surface area contributed by atoms with Crippen LogP contribution in [0.3, 0.4) is 0 Å². The average molecular weight is 488 g/mol. The third-order valence-electron chi connectivity index (χ3n) is 4.42. The molecule has 162 valence electrons. The lowest BCUT2D eigenvalue weighted by Gasteiger charge is -2.10. The summed E-state index contributed by atoms with van der Waals surface area (Å²) < 4.78 is 40.6. The number of halogens is 2. The Kier molecular flexibility index (Phi) is 6.22. The van der Waals surface area contributed by atoms with Crippen molar-refractivity contribution in [2.45, 2.75) is 4.90 Å². The van der Waals surface area contributed by atoms with Gasteiger partial charge in [0.1, 0.15) is 10.8 Å². The van der Waals surface area contributed by atoms with Crippen LogP contribution in [0, 0.1) is 5.82 Å². The molecule has 0 aliphatic heterocycles. The fourth-order valence-corrected chi connectivity index (χ4v) is 4.79. The minimum Gasteiger partial charge on any atom is -0.322 e. The van der Waals surface area contributed by atoms with E-state index in [9.17, 15) is 17.6 Å². The summed E-state index contributed by atoms with van der Waals surface area (Å²) >= 11 is 7.19. The topological polar surface area (TPSA) is 88.2 Å². The second-order valence-electron chi connectivity index (χ2n) is 6.63. The minimum absolute atomic E-state index is 0.174. The van der Waals surface area contributed by atoms with Gasteiger partial charge < -0.3 is 5.32 Å². The lowest BCUT2D eigenvalue weighted by atomic mass is 10.1. The normalized spacial score (nSPS) is 11.2. The molecule has 0 bridgehead atoms. The van der Waals surface area contributed by atoms with E-state index in [2.05, 4.69) is 15.0 Å². The highest BCUT2D eigenvalue weighted by Gasteiger charge is 2.16. The van der Waals surface area contributed by atoms with Crippen molar-refractivity contribution in [2.75, 3.05) is 10.0 Å². The van der Waals surface area contributed by atoms with Crippen LogP contribution in [0.25, 0.3) is 10.6 Å². The Balaban J connectivity index is 1.42. The van der Waals surface area contributed by atoms with Crippen molar-refractivity contribution in [3.05, 3.63) is 94.7 Å². The standard InChI is InChI=1S/C22H15ClFN3O3S2/c23-19-13-18(9-10-20(19)24)32(29,30)27-17-7-1-14(2-8-17)21(28)26-16-5-3-15(4-6-16)22-25-11-12-31-22/h1-13,27H,(H,26,28). The number of hydrogen-bond donors (Lipinski definition) is 2. The van der Waals surface area contributed by atoms with Gasteiger partial charge in [0.15, 0.2) is 0 Å². The van der Waals surface area contributed by atoms with Crippen LogP contribution >= 0.6 is 22.9 Å². The first-order valence-corrected chi connectivity index (χ1v) is 12.0. The van der Waals surface area contributed by atoms with Gasteiger partial charge in [-0.2, -0.15) is 0 Å². The highest BCUT2D eigenvalue weighted by Crippen LogP contribution is 2.24. The van der Waals surface area contributed by atoms with E-state index in [1.54, 1.807) is 18.3 Å². The Bertz CT molecular complexity index is 1360. The van der Waals surface area contributed by atoms with Crippen LogP contribution < -0.4 is 10.0 Å². The lowest BCUT2D eigenvalue weighted by molar-refractivity contribution is 0.102. The van der Waals surface area contributed by atoms with Crippen LogP contribution in [0.4, 0.5) is 15.8 Å². The number of amides is 1. The SMILES string of the molecule is O=C(Nc1ccc(-c2nccs2)cc1)c1ccc(NS(=O)(=O)c2ccc(F)c(Cl)c2)cc1. The molecule has 1 amide bonds. The molecular weight excluding hydrogens is 473 g/mol. The molecule has 0 unspecified atom stereocenters. The van der Waals surface area contributed by atoms with Gasteiger partial charge in [0.25, 0.3) is 15.9 Å². The summed E-state index contributed by atoms with van der Waals surface area (Å²) in [6.45, 7) is 0. The summed E-state index contributed by atoms with van der Waals surface area (Å²) in [6, 6.07) is 16.3. The molecule has 0 aliphatic carbocycles. The van der Waals surface area contributed by atoms with Gasteiger partial charge in [-0.3, -0.25) is 9.52 Å². The number of carbonyl (C=O) groups is 1. The zero-order chi connectivity index (χ0) is 22.7. The molecule has 6 nitrogen and oxygen atoms in total. The summed E-state index contributed by atoms with van der Waals surface area (Å²) in [5.74, 6) is -1.05. The predicted molar refractivity (Wildman–Crippen MR) is 124 cm³/mol. The quantitative estimate of drug-likeness (QED) is 0.367. The van der Waals surface area contributed by atoms with Crippen LogP contribution in [-0.2, 0) is 10.0 Å². The molecule has 3 aromatic carbocycles. The number of benzene rings is 3. The summed E-state index contributed by atoms with van der Waals surface area (Å²) in [7, 11) is -3.96. The Morgan fingerprint density at radius 2 is 1.66 bits per heavy atom. The fourth-order valence-electron chi connectivity index (χ4n) is 2.81. The van der Waals surface area contributed by atoms with Crippen molar-refractivity contribution in [3.63, 3.8) is 0 Å². The number of carbonyl (C=O) groups excluding carboxylic acids is 1. The van der Waals surface area contributed by atoms with Gasteiger partial charge in [-0.05, 0) is 66.7 Å². The Hall–Kier alpha value is -3.27. The summed E-state index contributed by atoms with van der Waals surface area (Å²) in [6.07, 6.45) is 1.73. The van der Waals surface area contributed by atoms with Gasteiger partial charge >= 0.3 is 0 Å². The highest BCUT2D eigenvalue weighted by molar-refractivity contribution is 7.92. The maximum atomic E-state index is 13.3. The number of thiazole rings is 1. The van der Waals surface area contributed by atoms with Crippen molar-refractivity contribution < 1.29 is 17.6 Å². The zero-order valence-electron chi connectivity index (χ0n) is 16.2. The number of nitrogens with one attached hydrogen (secondary N) is 2. The maximum absolute atomic E-state index is 13.3. The number of anilines is 2. The van der Waals surface area contributed by atoms with Crippen LogP contribution in [0.1, 0.15) is 10.4 Å². The van der Waals surface area contributed by atoms with Crippen molar-refractivity contribution in [3.8, 4) is 10.6 Å². The molecule has 4 aromatic rings. The van der Waals surface area contributed by atoms with Gasteiger partial charge in [-0.1, -0.05) is 11.6 Å². The molecule has 1 heterocycles. The minimum atomic E-state index is -3.96. The van der Waals surface area contributed by atoms with E-state index in [4.69, 9.17) is 11.6 Å². The van der Waals surface area contributed by atoms with Crippen molar-refractivity contribution in [2.24, 2.45) is 0 Å². The Morgan fingerprint density at radius 1 is 0.969 bits per heavy atom. The van der Waals surface area contributed by atoms with Crippen LogP contribution in [0.2, 0.25) is 5.02 Å². The van der Waals surface area contributed by atoms with Gasteiger partial charge in [0.05, 0.1) is 9.92 Å². The largest absolute Gasteiger partial charge is 0.322 e. The van der Waals surface area contributed by atoms with E-state index >= 15 is 0 Å². The van der Waals surface area contributed by atoms with E-state index in [1.165, 1.54) is 35.6 Å². The molecule has 0 fully saturated rings. The molecule has 2 N–H and O–H groups in total. The molecular formula is C22H15ClFN3O3S2. The molecule has 0 spiro atoms. The van der Waals surface area contributed by atoms with E-state index in [0.717, 1.165) is 28.8 Å². The molecule has 0 atom stereocenters. The smallest absolute Gasteiger partial charge is 0.261 e. The van der Waals surface area contributed by atoms with E-state index in [0.29, 0.717) is 11.3 Å². The summed E-state index contributed by atoms with van der Waals surface area (Å²) in [5.41, 5.74) is 2.17. The first kappa shape index (κ1) is 21.9. The summed E-state index contributed by atoms with van der Waals surface area (Å²) in [4.78, 5) is 16.6. The van der Waals surface area contributed by atoms with E-state index in [1.807, 2.05) is 17.5 Å². The van der Waals surface area contributed by atoms with Gasteiger partial charge in [0.2, 0.25) is 0 Å². The number of rotatable bonds is 6. The van der Waals surface area contributed by atoms with E-state index in [-0.39, 0.29) is 21.5 Å². The number of nitrogens with zero attached hydrogens (tertiary/aromatic N) is 1. The van der Waals surface area contributed by atoms with Crippen LogP contribution in [0.15, 0.2) is 83.2 Å². The first-order chi connectivity index (χ1) is 15.3. The third kappa shape index (κ3) is 4.96. The van der Waals surface area contributed by atoms with E-state index < -0.39 is 15.8 Å². The van der Waals surface area contributed by atoms with Gasteiger partial charge in [-0.25, -0.2) is 17.8 Å². The average Bonchev–Trinajstić information content (AvgIpc) is 3.31. The number of sulfonamides is 1. The van der Waals surface area contributed by atoms with Crippen molar-refractivity contribution in [1.82, 2.24) is 4.98 Å². The summed E-state index contributed by atoms with van der Waals surface area (Å²) in [5, 5.41) is 5.28. The second-order valence-corrected chi connectivity index (χ2v) is 9.61. The van der Waals surface area contributed by atoms with Crippen LogP contribution in [-0.4, -0.2) is 19.3 Å². The van der Waals surface area contributed by atoms with Gasteiger partial charge in [-0.15, -0.1) is 11.3 Å². The third-order valence-corrected chi connectivity index (χ3v) is 6.91.